The highest BCUT2D eigenvalue weighted by atomic mass is 16.5. The Hall–Kier alpha value is -3.08. The van der Waals surface area contributed by atoms with Gasteiger partial charge in [-0.25, -0.2) is 4.73 Å². The van der Waals surface area contributed by atoms with Gasteiger partial charge in [0.05, 0.1) is 0 Å². The summed E-state index contributed by atoms with van der Waals surface area (Å²) in [5.41, 5.74) is 9.36. The number of nitrogens with two attached hydrogens (primary N) is 2. The number of hydrogen-bond acceptors (Lipinski definition) is 5. The summed E-state index contributed by atoms with van der Waals surface area (Å²) in [4.78, 5) is 11.2. The van der Waals surface area contributed by atoms with Crippen LogP contribution in [0.1, 0.15) is 16.1 Å². The number of nitriles is 1. The highest BCUT2D eigenvalue weighted by Gasteiger charge is 2.27. The van der Waals surface area contributed by atoms with E-state index in [0.29, 0.717) is 0 Å². The SMILES string of the molecule is N#Cc1c(N)[n+]([O-])c2cccc(C(N)=O)c2[n+]1[O-]. The zero-order valence-electron chi connectivity index (χ0n) is 8.95. The van der Waals surface area contributed by atoms with Gasteiger partial charge in [0.25, 0.3) is 11.4 Å². The summed E-state index contributed by atoms with van der Waals surface area (Å²) in [6.45, 7) is 0. The number of nitrogens with zero attached hydrogens (tertiary/aromatic N) is 3. The topological polar surface area (TPSA) is 147 Å². The largest absolute Gasteiger partial charge is 0.710 e. The van der Waals surface area contributed by atoms with E-state index in [1.165, 1.54) is 24.3 Å². The molecule has 8 heteroatoms. The predicted molar refractivity (Wildman–Crippen MR) is 59.5 cm³/mol. The van der Waals surface area contributed by atoms with Gasteiger partial charge in [-0.2, -0.15) is 5.26 Å². The Labute approximate surface area is 100 Å². The summed E-state index contributed by atoms with van der Waals surface area (Å²) in [6, 6.07) is 5.50. The van der Waals surface area contributed by atoms with Crippen molar-refractivity contribution < 1.29 is 14.3 Å². The average Bonchev–Trinajstić information content (AvgIpc) is 2.36. The molecule has 0 atom stereocenters. The Morgan fingerprint density at radius 1 is 1.33 bits per heavy atom. The van der Waals surface area contributed by atoms with Gasteiger partial charge in [-0.05, 0) is 12.1 Å². The van der Waals surface area contributed by atoms with Crippen LogP contribution in [0.4, 0.5) is 5.82 Å². The second-order valence-electron chi connectivity index (χ2n) is 3.47. The molecule has 1 aromatic heterocycles. The smallest absolute Gasteiger partial charge is 0.385 e. The maximum absolute atomic E-state index is 11.9. The standard InChI is InChI=1S/C10H7N5O3/c11-4-7-9(12)15(18)6-3-1-2-5(10(13)16)8(6)14(7)17/h1-3H,12H2,(H2,13,16). The van der Waals surface area contributed by atoms with Gasteiger partial charge in [0.2, 0.25) is 5.52 Å². The first kappa shape index (κ1) is 11.4. The third-order valence-electron chi connectivity index (χ3n) is 2.47. The molecular weight excluding hydrogens is 238 g/mol. The Balaban J connectivity index is 3.10. The van der Waals surface area contributed by atoms with Crippen LogP contribution in [-0.2, 0) is 0 Å². The number of carbonyl (C=O) groups excluding carboxylic acids is 1. The molecule has 2 rings (SSSR count). The van der Waals surface area contributed by atoms with Crippen molar-refractivity contribution in [3.8, 4) is 6.07 Å². The van der Waals surface area contributed by atoms with Gasteiger partial charge in [-0.3, -0.25) is 10.5 Å². The Kier molecular flexibility index (Phi) is 2.37. The van der Waals surface area contributed by atoms with Crippen LogP contribution in [0.15, 0.2) is 18.2 Å². The number of benzene rings is 1. The fourth-order valence-electron chi connectivity index (χ4n) is 1.65. The zero-order chi connectivity index (χ0) is 13.4. The second-order valence-corrected chi connectivity index (χ2v) is 3.47. The van der Waals surface area contributed by atoms with Crippen LogP contribution in [0.5, 0.6) is 0 Å². The molecule has 1 amide bonds. The van der Waals surface area contributed by atoms with Gasteiger partial charge in [-0.15, -0.1) is 4.73 Å². The number of anilines is 1. The number of rotatable bonds is 1. The number of amides is 1. The number of aromatic nitrogens is 2. The minimum atomic E-state index is -0.876. The molecule has 0 unspecified atom stereocenters. The monoisotopic (exact) mass is 245 g/mol. The summed E-state index contributed by atoms with van der Waals surface area (Å²) in [7, 11) is 0. The van der Waals surface area contributed by atoms with E-state index in [-0.39, 0.29) is 26.1 Å². The molecule has 18 heavy (non-hydrogen) atoms. The number of hydrogen-bond donors (Lipinski definition) is 2. The molecule has 8 nitrogen and oxygen atoms in total. The van der Waals surface area contributed by atoms with E-state index in [4.69, 9.17) is 16.7 Å². The molecule has 0 aliphatic rings. The van der Waals surface area contributed by atoms with Crippen LogP contribution in [0.25, 0.3) is 11.0 Å². The normalized spacial score (nSPS) is 10.2. The Morgan fingerprint density at radius 3 is 2.56 bits per heavy atom. The van der Waals surface area contributed by atoms with Gasteiger partial charge < -0.3 is 16.1 Å². The molecule has 0 radical (unpaired) electrons. The van der Waals surface area contributed by atoms with E-state index in [2.05, 4.69) is 0 Å². The van der Waals surface area contributed by atoms with E-state index in [0.717, 1.165) is 0 Å². The number of para-hydroxylation sites is 1. The molecule has 0 aliphatic heterocycles. The maximum atomic E-state index is 11.9. The molecule has 1 heterocycles. The first-order valence-electron chi connectivity index (χ1n) is 4.76. The molecule has 0 spiro atoms. The van der Waals surface area contributed by atoms with E-state index >= 15 is 0 Å². The summed E-state index contributed by atoms with van der Waals surface area (Å²) < 4.78 is 0.355. The van der Waals surface area contributed by atoms with Crippen molar-refractivity contribution in [2.75, 3.05) is 5.73 Å². The van der Waals surface area contributed by atoms with Crippen LogP contribution in [0.2, 0.25) is 0 Å². The minimum absolute atomic E-state index is 0.127. The molecule has 90 valence electrons. The summed E-state index contributed by atoms with van der Waals surface area (Å²) in [5, 5.41) is 32.5. The predicted octanol–water partition coefficient (Wildman–Crippen LogP) is -1.34. The van der Waals surface area contributed by atoms with Crippen molar-refractivity contribution in [2.45, 2.75) is 0 Å². The lowest BCUT2D eigenvalue weighted by Crippen LogP contribution is -2.44. The van der Waals surface area contributed by atoms with E-state index in [9.17, 15) is 15.2 Å². The number of nitrogen functional groups attached to an aromatic ring is 1. The molecule has 0 saturated carbocycles. The van der Waals surface area contributed by atoms with Crippen molar-refractivity contribution in [1.29, 1.82) is 5.26 Å². The molecule has 1 aromatic carbocycles. The quantitative estimate of drug-likeness (QED) is 0.471. The van der Waals surface area contributed by atoms with Gasteiger partial charge in [0.15, 0.2) is 6.07 Å². The third-order valence-corrected chi connectivity index (χ3v) is 2.47. The van der Waals surface area contributed by atoms with Crippen LogP contribution in [0, 0.1) is 21.7 Å². The van der Waals surface area contributed by atoms with Crippen molar-refractivity contribution in [3.63, 3.8) is 0 Å². The molecule has 0 fully saturated rings. The Morgan fingerprint density at radius 2 is 2.00 bits per heavy atom. The summed E-state index contributed by atoms with van der Waals surface area (Å²) >= 11 is 0. The number of carbonyl (C=O) groups is 1. The number of primary amides is 1. The minimum Gasteiger partial charge on any atom is -0.710 e. The highest BCUT2D eigenvalue weighted by molar-refractivity contribution is 6.02. The van der Waals surface area contributed by atoms with Gasteiger partial charge >= 0.3 is 11.5 Å². The van der Waals surface area contributed by atoms with Crippen molar-refractivity contribution in [2.24, 2.45) is 5.73 Å². The fraction of sp³-hybridized carbons (Fsp3) is 0. The van der Waals surface area contributed by atoms with Gasteiger partial charge in [0, 0.05) is 0 Å². The lowest BCUT2D eigenvalue weighted by molar-refractivity contribution is -0.620. The lowest BCUT2D eigenvalue weighted by Gasteiger charge is -2.11. The van der Waals surface area contributed by atoms with Crippen molar-refractivity contribution >= 4 is 22.8 Å². The molecular formula is C10H7N5O3. The summed E-state index contributed by atoms with van der Waals surface area (Å²) in [5.74, 6) is -1.40. The first-order valence-corrected chi connectivity index (χ1v) is 4.76. The van der Waals surface area contributed by atoms with Crippen LogP contribution < -0.4 is 20.9 Å². The van der Waals surface area contributed by atoms with E-state index in [1.807, 2.05) is 0 Å². The van der Waals surface area contributed by atoms with Crippen molar-refractivity contribution in [3.05, 3.63) is 39.9 Å². The Bertz CT molecular complexity index is 720. The first-order chi connectivity index (χ1) is 8.49. The highest BCUT2D eigenvalue weighted by Crippen LogP contribution is 2.14. The zero-order valence-corrected chi connectivity index (χ0v) is 8.95. The average molecular weight is 245 g/mol. The van der Waals surface area contributed by atoms with E-state index < -0.39 is 17.4 Å². The molecule has 0 aliphatic carbocycles. The third kappa shape index (κ3) is 1.35. The van der Waals surface area contributed by atoms with Crippen LogP contribution in [0.3, 0.4) is 0 Å². The summed E-state index contributed by atoms with van der Waals surface area (Å²) in [6.07, 6.45) is 0. The van der Waals surface area contributed by atoms with E-state index in [1.54, 1.807) is 0 Å². The molecule has 0 saturated heterocycles. The number of fused-ring (bicyclic) bond motifs is 1. The maximum Gasteiger partial charge on any atom is 0.385 e. The lowest BCUT2D eigenvalue weighted by atomic mass is 10.1. The van der Waals surface area contributed by atoms with Gasteiger partial charge in [0.1, 0.15) is 5.56 Å². The van der Waals surface area contributed by atoms with Crippen LogP contribution in [-0.4, -0.2) is 5.91 Å². The molecule has 2 aromatic rings. The second kappa shape index (κ2) is 3.74. The van der Waals surface area contributed by atoms with Crippen molar-refractivity contribution in [1.82, 2.24) is 0 Å². The molecule has 0 bridgehead atoms. The van der Waals surface area contributed by atoms with Gasteiger partial charge in [-0.1, -0.05) is 6.07 Å². The molecule has 4 N–H and O–H groups in total. The fourth-order valence-corrected chi connectivity index (χ4v) is 1.65. The van der Waals surface area contributed by atoms with Crippen LogP contribution >= 0.6 is 0 Å².